The first-order chi connectivity index (χ1) is 14.1. The number of piperidine rings is 1. The number of hydrogen-bond donors (Lipinski definition) is 2. The van der Waals surface area contributed by atoms with Crippen molar-refractivity contribution in [2.24, 2.45) is 4.99 Å². The second kappa shape index (κ2) is 10.3. The molecule has 1 aliphatic rings. The van der Waals surface area contributed by atoms with E-state index in [2.05, 4.69) is 25.7 Å². The van der Waals surface area contributed by atoms with Gasteiger partial charge in [0.25, 0.3) is 0 Å². The van der Waals surface area contributed by atoms with Crippen LogP contribution in [0.5, 0.6) is 0 Å². The second-order valence-electron chi connectivity index (χ2n) is 7.25. The van der Waals surface area contributed by atoms with Gasteiger partial charge in [-0.2, -0.15) is 0 Å². The van der Waals surface area contributed by atoms with Gasteiger partial charge < -0.3 is 15.2 Å². The molecule has 0 aliphatic carbocycles. The summed E-state index contributed by atoms with van der Waals surface area (Å²) >= 11 is 0. The molecule has 158 valence electrons. The minimum absolute atomic E-state index is 0.130. The molecule has 1 aromatic carbocycles. The maximum absolute atomic E-state index is 14.0. The van der Waals surface area contributed by atoms with Gasteiger partial charge >= 0.3 is 0 Å². The summed E-state index contributed by atoms with van der Waals surface area (Å²) in [5.41, 5.74) is 1.04. The van der Waals surface area contributed by atoms with Crippen LogP contribution in [-0.2, 0) is 19.5 Å². The molecule has 1 unspecified atom stereocenters. The Labute approximate surface area is 170 Å². The Morgan fingerprint density at radius 1 is 1.31 bits per heavy atom. The van der Waals surface area contributed by atoms with Crippen LogP contribution in [-0.4, -0.2) is 41.7 Å². The topological polar surface area (TPSA) is 65.7 Å². The van der Waals surface area contributed by atoms with Gasteiger partial charge in [0.05, 0.1) is 5.69 Å². The highest BCUT2D eigenvalue weighted by atomic mass is 19.1. The highest BCUT2D eigenvalue weighted by Gasteiger charge is 2.22. The molecule has 0 spiro atoms. The van der Waals surface area contributed by atoms with Crippen LogP contribution in [0, 0.1) is 11.6 Å². The van der Waals surface area contributed by atoms with E-state index in [0.29, 0.717) is 19.0 Å². The fraction of sp³-hybridized carbons (Fsp3) is 0.524. The first-order valence-corrected chi connectivity index (χ1v) is 10.2. The van der Waals surface area contributed by atoms with E-state index < -0.39 is 11.6 Å². The van der Waals surface area contributed by atoms with E-state index in [0.717, 1.165) is 43.8 Å². The predicted octanol–water partition coefficient (Wildman–Crippen LogP) is 3.23. The Morgan fingerprint density at radius 3 is 2.79 bits per heavy atom. The molecule has 1 aromatic heterocycles. The van der Waals surface area contributed by atoms with Gasteiger partial charge in [0.2, 0.25) is 0 Å². The van der Waals surface area contributed by atoms with Crippen molar-refractivity contribution in [2.45, 2.75) is 52.2 Å². The van der Waals surface area contributed by atoms with E-state index in [4.69, 9.17) is 4.52 Å². The lowest BCUT2D eigenvalue weighted by molar-refractivity contribution is 0.188. The molecular formula is C21H29F2N5O. The SMILES string of the molecule is CCNC(=NCc1cc(CC)no1)NC1CCCN(Cc2c(F)cccc2F)C1. The normalized spacial score (nSPS) is 18.1. The number of aliphatic imine (C=N–C) groups is 1. The summed E-state index contributed by atoms with van der Waals surface area (Å²) < 4.78 is 33.2. The molecule has 2 N–H and O–H groups in total. The molecule has 0 radical (unpaired) electrons. The van der Waals surface area contributed by atoms with E-state index in [1.54, 1.807) is 0 Å². The summed E-state index contributed by atoms with van der Waals surface area (Å²) in [4.78, 5) is 6.66. The first kappa shape index (κ1) is 21.2. The van der Waals surface area contributed by atoms with Gasteiger partial charge in [-0.3, -0.25) is 4.90 Å². The summed E-state index contributed by atoms with van der Waals surface area (Å²) in [5.74, 6) is 0.437. The van der Waals surface area contributed by atoms with E-state index in [1.165, 1.54) is 18.2 Å². The van der Waals surface area contributed by atoms with Gasteiger partial charge in [-0.05, 0) is 44.9 Å². The number of halogens is 2. The quantitative estimate of drug-likeness (QED) is 0.547. The van der Waals surface area contributed by atoms with E-state index in [9.17, 15) is 8.78 Å². The lowest BCUT2D eigenvalue weighted by atomic mass is 10.0. The molecule has 3 rings (SSSR count). The highest BCUT2D eigenvalue weighted by Crippen LogP contribution is 2.18. The molecule has 0 bridgehead atoms. The van der Waals surface area contributed by atoms with E-state index in [-0.39, 0.29) is 18.2 Å². The van der Waals surface area contributed by atoms with Gasteiger partial charge in [0.1, 0.15) is 18.2 Å². The van der Waals surface area contributed by atoms with Gasteiger partial charge in [0.15, 0.2) is 11.7 Å². The lowest BCUT2D eigenvalue weighted by Gasteiger charge is -2.34. The Balaban J connectivity index is 1.60. The van der Waals surface area contributed by atoms with Crippen LogP contribution in [0.1, 0.15) is 43.7 Å². The summed E-state index contributed by atoms with van der Waals surface area (Å²) in [7, 11) is 0. The Morgan fingerprint density at radius 2 is 2.10 bits per heavy atom. The van der Waals surface area contributed by atoms with Crippen molar-refractivity contribution >= 4 is 5.96 Å². The number of likely N-dealkylation sites (tertiary alicyclic amines) is 1. The van der Waals surface area contributed by atoms with Gasteiger partial charge in [-0.1, -0.05) is 18.1 Å². The summed E-state index contributed by atoms with van der Waals surface area (Å²) in [6.07, 6.45) is 2.75. The molecular weight excluding hydrogens is 376 g/mol. The average Bonchev–Trinajstić information content (AvgIpc) is 3.18. The van der Waals surface area contributed by atoms with E-state index in [1.807, 2.05) is 19.9 Å². The van der Waals surface area contributed by atoms with Crippen LogP contribution < -0.4 is 10.6 Å². The predicted molar refractivity (Wildman–Crippen MR) is 108 cm³/mol. The minimum atomic E-state index is -0.492. The fourth-order valence-electron chi connectivity index (χ4n) is 3.49. The number of aromatic nitrogens is 1. The van der Waals surface area contributed by atoms with Crippen LogP contribution in [0.25, 0.3) is 0 Å². The third-order valence-electron chi connectivity index (χ3n) is 5.00. The van der Waals surface area contributed by atoms with Crippen molar-refractivity contribution in [3.05, 3.63) is 52.9 Å². The van der Waals surface area contributed by atoms with Gasteiger partial charge in [0, 0.05) is 37.3 Å². The Bertz CT molecular complexity index is 803. The molecule has 2 aromatic rings. The molecule has 1 saturated heterocycles. The Kier molecular flexibility index (Phi) is 7.57. The maximum Gasteiger partial charge on any atom is 0.191 e. The zero-order chi connectivity index (χ0) is 20.6. The number of rotatable bonds is 7. The van der Waals surface area contributed by atoms with Crippen LogP contribution >= 0.6 is 0 Å². The van der Waals surface area contributed by atoms with Crippen LogP contribution in [0.2, 0.25) is 0 Å². The monoisotopic (exact) mass is 405 g/mol. The number of aryl methyl sites for hydroxylation is 1. The molecule has 8 heteroatoms. The third kappa shape index (κ3) is 6.00. The standard InChI is InChI=1S/C21H29F2N5O/c1-3-15-11-17(29-27-15)12-25-21(24-4-2)26-16-7-6-10-28(13-16)14-18-19(22)8-5-9-20(18)23/h5,8-9,11,16H,3-4,6-7,10,12-14H2,1-2H3,(H2,24,25,26). The van der Waals surface area contributed by atoms with Crippen molar-refractivity contribution < 1.29 is 13.3 Å². The largest absolute Gasteiger partial charge is 0.359 e. The van der Waals surface area contributed by atoms with Crippen molar-refractivity contribution in [3.63, 3.8) is 0 Å². The average molecular weight is 405 g/mol. The zero-order valence-electron chi connectivity index (χ0n) is 17.0. The highest BCUT2D eigenvalue weighted by molar-refractivity contribution is 5.80. The van der Waals surface area contributed by atoms with Crippen LogP contribution in [0.15, 0.2) is 33.8 Å². The molecule has 0 saturated carbocycles. The number of nitrogens with one attached hydrogen (secondary N) is 2. The molecule has 29 heavy (non-hydrogen) atoms. The summed E-state index contributed by atoms with van der Waals surface area (Å²) in [6, 6.07) is 6.07. The molecule has 1 atom stereocenters. The van der Waals surface area contributed by atoms with Crippen molar-refractivity contribution in [3.8, 4) is 0 Å². The zero-order valence-corrected chi connectivity index (χ0v) is 17.0. The fourth-order valence-corrected chi connectivity index (χ4v) is 3.49. The van der Waals surface area contributed by atoms with Crippen molar-refractivity contribution in [2.75, 3.05) is 19.6 Å². The maximum atomic E-state index is 14.0. The summed E-state index contributed by atoms with van der Waals surface area (Å²) in [6.45, 7) is 6.95. The number of benzene rings is 1. The molecule has 6 nitrogen and oxygen atoms in total. The molecule has 1 aliphatic heterocycles. The van der Waals surface area contributed by atoms with E-state index >= 15 is 0 Å². The Hall–Kier alpha value is -2.48. The molecule has 1 fully saturated rings. The van der Waals surface area contributed by atoms with Crippen LogP contribution in [0.3, 0.4) is 0 Å². The van der Waals surface area contributed by atoms with Gasteiger partial charge in [-0.15, -0.1) is 0 Å². The number of nitrogens with zero attached hydrogens (tertiary/aromatic N) is 3. The number of guanidine groups is 1. The smallest absolute Gasteiger partial charge is 0.191 e. The minimum Gasteiger partial charge on any atom is -0.359 e. The first-order valence-electron chi connectivity index (χ1n) is 10.2. The van der Waals surface area contributed by atoms with Crippen molar-refractivity contribution in [1.82, 2.24) is 20.7 Å². The lowest BCUT2D eigenvalue weighted by Crippen LogP contribution is -2.51. The summed E-state index contributed by atoms with van der Waals surface area (Å²) in [5, 5.41) is 10.7. The molecule has 2 heterocycles. The van der Waals surface area contributed by atoms with Gasteiger partial charge in [-0.25, -0.2) is 13.8 Å². The number of hydrogen-bond acceptors (Lipinski definition) is 4. The van der Waals surface area contributed by atoms with Crippen molar-refractivity contribution in [1.29, 1.82) is 0 Å². The molecule has 0 amide bonds. The third-order valence-corrected chi connectivity index (χ3v) is 5.00. The second-order valence-corrected chi connectivity index (χ2v) is 7.25. The van der Waals surface area contributed by atoms with Crippen LogP contribution in [0.4, 0.5) is 8.78 Å².